The van der Waals surface area contributed by atoms with Gasteiger partial charge < -0.3 is 0 Å². The van der Waals surface area contributed by atoms with Gasteiger partial charge in [-0.3, -0.25) is 9.36 Å². The van der Waals surface area contributed by atoms with Gasteiger partial charge in [-0.25, -0.2) is 4.98 Å². The van der Waals surface area contributed by atoms with Gasteiger partial charge in [0.05, 0.1) is 18.3 Å². The van der Waals surface area contributed by atoms with E-state index in [0.717, 1.165) is 28.6 Å². The van der Waals surface area contributed by atoms with E-state index in [4.69, 9.17) is 0 Å². The van der Waals surface area contributed by atoms with Crippen molar-refractivity contribution in [3.05, 3.63) is 62.5 Å². The number of aryl methyl sites for hydroxylation is 1. The van der Waals surface area contributed by atoms with Crippen molar-refractivity contribution in [3.63, 3.8) is 0 Å². The number of fused-ring (bicyclic) bond motifs is 3. The van der Waals surface area contributed by atoms with Gasteiger partial charge in [0.25, 0.3) is 5.56 Å². The SMILES string of the molecule is CC(C)c1ccc(Cn2cnc3sc4c(c3c2=O)CC[C@H](C)C4)cc1. The average Bonchev–Trinajstić information content (AvgIpc) is 2.96. The Kier molecular flexibility index (Phi) is 4.24. The van der Waals surface area contributed by atoms with Crippen molar-refractivity contribution in [1.29, 1.82) is 0 Å². The van der Waals surface area contributed by atoms with Crippen LogP contribution in [0.15, 0.2) is 35.4 Å². The lowest BCUT2D eigenvalue weighted by molar-refractivity contribution is 0.509. The molecule has 0 radical (unpaired) electrons. The van der Waals surface area contributed by atoms with Gasteiger partial charge in [0.2, 0.25) is 0 Å². The van der Waals surface area contributed by atoms with Crippen molar-refractivity contribution in [2.45, 2.75) is 52.5 Å². The Morgan fingerprint density at radius 1 is 1.28 bits per heavy atom. The Morgan fingerprint density at radius 2 is 2.04 bits per heavy atom. The second-order valence-electron chi connectivity index (χ2n) is 7.61. The third-order valence-electron chi connectivity index (χ3n) is 5.28. The molecule has 2 aromatic heterocycles. The van der Waals surface area contributed by atoms with E-state index in [9.17, 15) is 4.79 Å². The van der Waals surface area contributed by atoms with E-state index in [-0.39, 0.29) is 5.56 Å². The van der Waals surface area contributed by atoms with E-state index in [1.807, 2.05) is 0 Å². The number of aromatic nitrogens is 2. The zero-order valence-electron chi connectivity index (χ0n) is 15.1. The Labute approximate surface area is 152 Å². The molecule has 0 saturated heterocycles. The molecule has 4 rings (SSSR count). The summed E-state index contributed by atoms with van der Waals surface area (Å²) < 4.78 is 1.76. The van der Waals surface area contributed by atoms with Gasteiger partial charge in [-0.05, 0) is 47.8 Å². The first-order valence-corrected chi connectivity index (χ1v) is 9.93. The summed E-state index contributed by atoms with van der Waals surface area (Å²) in [5.74, 6) is 1.23. The Balaban J connectivity index is 1.71. The van der Waals surface area contributed by atoms with E-state index < -0.39 is 0 Å². The van der Waals surface area contributed by atoms with Gasteiger partial charge in [0.1, 0.15) is 4.83 Å². The van der Waals surface area contributed by atoms with Crippen molar-refractivity contribution < 1.29 is 0 Å². The molecule has 0 bridgehead atoms. The summed E-state index contributed by atoms with van der Waals surface area (Å²) in [6, 6.07) is 8.56. The van der Waals surface area contributed by atoms with Crippen molar-refractivity contribution >= 4 is 21.6 Å². The molecule has 4 heteroatoms. The third kappa shape index (κ3) is 3.04. The number of nitrogens with zero attached hydrogens (tertiary/aromatic N) is 2. The summed E-state index contributed by atoms with van der Waals surface area (Å²) in [6.45, 7) is 7.26. The summed E-state index contributed by atoms with van der Waals surface area (Å²) >= 11 is 1.71. The fourth-order valence-corrected chi connectivity index (χ4v) is 5.02. The van der Waals surface area contributed by atoms with E-state index in [0.29, 0.717) is 18.4 Å². The summed E-state index contributed by atoms with van der Waals surface area (Å²) in [6.07, 6.45) is 4.99. The van der Waals surface area contributed by atoms with Crippen LogP contribution in [0.2, 0.25) is 0 Å². The highest BCUT2D eigenvalue weighted by Crippen LogP contribution is 2.35. The van der Waals surface area contributed by atoms with E-state index in [1.165, 1.54) is 22.4 Å². The molecule has 1 aromatic carbocycles. The minimum absolute atomic E-state index is 0.116. The molecule has 0 saturated carbocycles. The van der Waals surface area contributed by atoms with Crippen molar-refractivity contribution in [1.82, 2.24) is 9.55 Å². The highest BCUT2D eigenvalue weighted by molar-refractivity contribution is 7.18. The van der Waals surface area contributed by atoms with Gasteiger partial charge in [0.15, 0.2) is 0 Å². The molecule has 1 aliphatic rings. The number of benzene rings is 1. The zero-order chi connectivity index (χ0) is 17.6. The summed E-state index contributed by atoms with van der Waals surface area (Å²) in [5.41, 5.74) is 3.85. The quantitative estimate of drug-likeness (QED) is 0.681. The number of hydrogen-bond donors (Lipinski definition) is 0. The molecule has 1 atom stereocenters. The van der Waals surface area contributed by atoms with E-state index >= 15 is 0 Å². The predicted molar refractivity (Wildman–Crippen MR) is 105 cm³/mol. The molecule has 130 valence electrons. The van der Waals surface area contributed by atoms with E-state index in [2.05, 4.69) is 50.0 Å². The lowest BCUT2D eigenvalue weighted by Gasteiger charge is -2.17. The molecule has 0 fully saturated rings. The first-order valence-electron chi connectivity index (χ1n) is 9.11. The Hall–Kier alpha value is -1.94. The van der Waals surface area contributed by atoms with Gasteiger partial charge >= 0.3 is 0 Å². The molecule has 25 heavy (non-hydrogen) atoms. The van der Waals surface area contributed by atoms with Crippen LogP contribution in [0.3, 0.4) is 0 Å². The second kappa shape index (κ2) is 6.41. The maximum absolute atomic E-state index is 13.1. The molecule has 0 aliphatic heterocycles. The van der Waals surface area contributed by atoms with Crippen LogP contribution in [0.5, 0.6) is 0 Å². The molecule has 3 aromatic rings. The summed E-state index contributed by atoms with van der Waals surface area (Å²) in [4.78, 5) is 19.9. The molecule has 0 spiro atoms. The molecule has 3 nitrogen and oxygen atoms in total. The standard InChI is InChI=1S/C21H24N2OS/c1-13(2)16-7-5-15(6-8-16)11-23-12-22-20-19(21(23)24)17-9-4-14(3)10-18(17)25-20/h5-8,12-14H,4,9-11H2,1-3H3/t14-/m0/s1. The third-order valence-corrected chi connectivity index (χ3v) is 6.44. The highest BCUT2D eigenvalue weighted by atomic mass is 32.1. The van der Waals surface area contributed by atoms with Gasteiger partial charge in [-0.1, -0.05) is 45.0 Å². The van der Waals surface area contributed by atoms with Crippen LogP contribution in [0.1, 0.15) is 54.7 Å². The average molecular weight is 353 g/mol. The molecule has 2 heterocycles. The lowest BCUT2D eigenvalue weighted by Crippen LogP contribution is -2.22. The van der Waals surface area contributed by atoms with Gasteiger partial charge in [0, 0.05) is 4.88 Å². The Bertz CT molecular complexity index is 966. The van der Waals surface area contributed by atoms with Crippen LogP contribution in [0.4, 0.5) is 0 Å². The minimum Gasteiger partial charge on any atom is -0.294 e. The first-order chi connectivity index (χ1) is 12.0. The lowest BCUT2D eigenvalue weighted by atomic mass is 9.89. The topological polar surface area (TPSA) is 34.9 Å². The maximum Gasteiger partial charge on any atom is 0.262 e. The number of rotatable bonds is 3. The molecule has 0 unspecified atom stereocenters. The van der Waals surface area contributed by atoms with Crippen molar-refractivity contribution in [3.8, 4) is 0 Å². The maximum atomic E-state index is 13.1. The summed E-state index contributed by atoms with van der Waals surface area (Å²) in [7, 11) is 0. The second-order valence-corrected chi connectivity index (χ2v) is 8.69. The van der Waals surface area contributed by atoms with Gasteiger partial charge in [-0.15, -0.1) is 11.3 Å². The normalized spacial score (nSPS) is 17.2. The molecular weight excluding hydrogens is 328 g/mol. The van der Waals surface area contributed by atoms with Crippen LogP contribution in [-0.4, -0.2) is 9.55 Å². The van der Waals surface area contributed by atoms with Gasteiger partial charge in [-0.2, -0.15) is 0 Å². The van der Waals surface area contributed by atoms with Crippen LogP contribution in [-0.2, 0) is 19.4 Å². The zero-order valence-corrected chi connectivity index (χ0v) is 15.9. The first kappa shape index (κ1) is 16.5. The smallest absolute Gasteiger partial charge is 0.262 e. The van der Waals surface area contributed by atoms with Crippen LogP contribution >= 0.6 is 11.3 Å². The van der Waals surface area contributed by atoms with Crippen molar-refractivity contribution in [2.24, 2.45) is 5.92 Å². The number of thiophene rings is 1. The summed E-state index contributed by atoms with van der Waals surface area (Å²) in [5, 5.41) is 0.869. The van der Waals surface area contributed by atoms with E-state index in [1.54, 1.807) is 22.2 Å². The number of hydrogen-bond acceptors (Lipinski definition) is 3. The predicted octanol–water partition coefficient (Wildman–Crippen LogP) is 4.75. The molecule has 0 amide bonds. The fraction of sp³-hybridized carbons (Fsp3) is 0.429. The van der Waals surface area contributed by atoms with Crippen LogP contribution in [0, 0.1) is 5.92 Å². The largest absolute Gasteiger partial charge is 0.294 e. The molecule has 0 N–H and O–H groups in total. The Morgan fingerprint density at radius 3 is 2.76 bits per heavy atom. The molecule has 1 aliphatic carbocycles. The molecular formula is C21H24N2OS. The minimum atomic E-state index is 0.116. The van der Waals surface area contributed by atoms with Crippen LogP contribution < -0.4 is 5.56 Å². The van der Waals surface area contributed by atoms with Crippen LogP contribution in [0.25, 0.3) is 10.2 Å². The highest BCUT2D eigenvalue weighted by Gasteiger charge is 2.23. The fourth-order valence-electron chi connectivity index (χ4n) is 3.68. The monoisotopic (exact) mass is 352 g/mol. The van der Waals surface area contributed by atoms with Crippen molar-refractivity contribution in [2.75, 3.05) is 0 Å².